The van der Waals surface area contributed by atoms with Gasteiger partial charge in [0.1, 0.15) is 18.3 Å². The topological polar surface area (TPSA) is 92.8 Å². The zero-order valence-corrected chi connectivity index (χ0v) is 22.0. The van der Waals surface area contributed by atoms with E-state index in [0.29, 0.717) is 23.7 Å². The Kier molecular flexibility index (Phi) is 8.36. The molecule has 0 aromatic heterocycles. The van der Waals surface area contributed by atoms with Crippen molar-refractivity contribution < 1.29 is 38.0 Å². The SMILES string of the molecule is COc1cc(C(=O)OC2C(C(C)C)C(OC(C)=O)C/C(C)=C/CCC3(C)OC23)cc(OC)c1OC. The van der Waals surface area contributed by atoms with Crippen molar-refractivity contribution in [2.45, 2.75) is 77.8 Å². The Hall–Kier alpha value is -2.74. The van der Waals surface area contributed by atoms with Gasteiger partial charge < -0.3 is 28.4 Å². The van der Waals surface area contributed by atoms with Crippen LogP contribution in [0.2, 0.25) is 0 Å². The van der Waals surface area contributed by atoms with E-state index < -0.39 is 23.8 Å². The summed E-state index contributed by atoms with van der Waals surface area (Å²) in [5.41, 5.74) is 0.989. The van der Waals surface area contributed by atoms with E-state index in [0.717, 1.165) is 18.4 Å². The fourth-order valence-corrected chi connectivity index (χ4v) is 5.10. The minimum absolute atomic E-state index is 0.0535. The van der Waals surface area contributed by atoms with Crippen molar-refractivity contribution in [3.05, 3.63) is 29.3 Å². The van der Waals surface area contributed by atoms with Crippen LogP contribution < -0.4 is 14.2 Å². The normalized spacial score (nSPS) is 29.8. The molecule has 1 fully saturated rings. The molecule has 1 aliphatic heterocycles. The minimum Gasteiger partial charge on any atom is -0.493 e. The molecular formula is C27H38O8. The summed E-state index contributed by atoms with van der Waals surface area (Å²) in [7, 11) is 4.49. The van der Waals surface area contributed by atoms with Crippen LogP contribution in [0, 0.1) is 11.8 Å². The molecule has 0 bridgehead atoms. The average molecular weight is 491 g/mol. The van der Waals surface area contributed by atoms with E-state index >= 15 is 0 Å². The highest BCUT2D eigenvalue weighted by molar-refractivity contribution is 5.91. The maximum atomic E-state index is 13.5. The predicted molar refractivity (Wildman–Crippen MR) is 130 cm³/mol. The van der Waals surface area contributed by atoms with Crippen molar-refractivity contribution >= 4 is 11.9 Å². The number of carbonyl (C=O) groups is 2. The molecule has 0 spiro atoms. The molecule has 35 heavy (non-hydrogen) atoms. The molecule has 8 nitrogen and oxygen atoms in total. The van der Waals surface area contributed by atoms with Crippen LogP contribution in [0.1, 0.15) is 64.2 Å². The molecule has 0 radical (unpaired) electrons. The average Bonchev–Trinajstić information content (AvgIpc) is 3.47. The summed E-state index contributed by atoms with van der Waals surface area (Å²) in [6.45, 7) is 9.59. The van der Waals surface area contributed by atoms with Crippen LogP contribution in [0.25, 0.3) is 0 Å². The molecule has 0 saturated carbocycles. The third kappa shape index (κ3) is 5.92. The Bertz CT molecular complexity index is 943. The molecule has 194 valence electrons. The van der Waals surface area contributed by atoms with Crippen LogP contribution >= 0.6 is 0 Å². The number of ether oxygens (including phenoxy) is 6. The number of fused-ring (bicyclic) bond motifs is 1. The van der Waals surface area contributed by atoms with Gasteiger partial charge in [-0.05, 0) is 44.7 Å². The lowest BCUT2D eigenvalue weighted by Crippen LogP contribution is -2.45. The lowest BCUT2D eigenvalue weighted by molar-refractivity contribution is -0.153. The van der Waals surface area contributed by atoms with E-state index in [1.807, 2.05) is 27.7 Å². The first-order valence-corrected chi connectivity index (χ1v) is 12.1. The molecule has 2 aliphatic rings. The monoisotopic (exact) mass is 490 g/mol. The van der Waals surface area contributed by atoms with Crippen LogP contribution in [0.4, 0.5) is 0 Å². The molecule has 1 saturated heterocycles. The molecule has 1 aromatic rings. The Morgan fingerprint density at radius 2 is 1.69 bits per heavy atom. The number of allylic oxidation sites excluding steroid dienone is 1. The fourth-order valence-electron chi connectivity index (χ4n) is 5.10. The molecule has 8 heteroatoms. The molecule has 5 unspecified atom stereocenters. The molecular weight excluding hydrogens is 452 g/mol. The van der Waals surface area contributed by atoms with Gasteiger partial charge in [-0.2, -0.15) is 0 Å². The van der Waals surface area contributed by atoms with Crippen LogP contribution in [-0.2, 0) is 19.0 Å². The summed E-state index contributed by atoms with van der Waals surface area (Å²) >= 11 is 0. The van der Waals surface area contributed by atoms with Gasteiger partial charge in [0, 0.05) is 19.3 Å². The van der Waals surface area contributed by atoms with Crippen molar-refractivity contribution in [1.82, 2.24) is 0 Å². The second kappa shape index (κ2) is 10.9. The highest BCUT2D eigenvalue weighted by atomic mass is 16.6. The number of carbonyl (C=O) groups excluding carboxylic acids is 2. The quantitative estimate of drug-likeness (QED) is 0.308. The summed E-state index contributed by atoms with van der Waals surface area (Å²) in [6.07, 6.45) is 3.05. The third-order valence-electron chi connectivity index (χ3n) is 6.94. The van der Waals surface area contributed by atoms with Crippen molar-refractivity contribution in [1.29, 1.82) is 0 Å². The number of hydrogen-bond donors (Lipinski definition) is 0. The van der Waals surface area contributed by atoms with Gasteiger partial charge in [0.25, 0.3) is 0 Å². The lowest BCUT2D eigenvalue weighted by Gasteiger charge is -2.36. The van der Waals surface area contributed by atoms with E-state index in [4.69, 9.17) is 28.4 Å². The number of rotatable bonds is 7. The third-order valence-corrected chi connectivity index (χ3v) is 6.94. The predicted octanol–water partition coefficient (Wildman–Crippen LogP) is 4.73. The first kappa shape index (κ1) is 26.9. The van der Waals surface area contributed by atoms with Crippen molar-refractivity contribution in [2.75, 3.05) is 21.3 Å². The first-order valence-electron chi connectivity index (χ1n) is 12.1. The smallest absolute Gasteiger partial charge is 0.338 e. The van der Waals surface area contributed by atoms with Crippen LogP contribution in [0.15, 0.2) is 23.8 Å². The lowest BCUT2D eigenvalue weighted by atomic mass is 9.78. The maximum Gasteiger partial charge on any atom is 0.338 e. The summed E-state index contributed by atoms with van der Waals surface area (Å²) in [6, 6.07) is 3.13. The first-order chi connectivity index (χ1) is 16.5. The van der Waals surface area contributed by atoms with Crippen LogP contribution in [0.3, 0.4) is 0 Å². The summed E-state index contributed by atoms with van der Waals surface area (Å²) in [5, 5.41) is 0. The molecule has 1 aliphatic carbocycles. The molecule has 0 N–H and O–H groups in total. The second-order valence-electron chi connectivity index (χ2n) is 9.90. The number of methoxy groups -OCH3 is 3. The van der Waals surface area contributed by atoms with E-state index in [1.54, 1.807) is 12.1 Å². The van der Waals surface area contributed by atoms with E-state index in [9.17, 15) is 9.59 Å². The van der Waals surface area contributed by atoms with Crippen LogP contribution in [0.5, 0.6) is 17.2 Å². The van der Waals surface area contributed by atoms with Gasteiger partial charge in [0.05, 0.1) is 32.5 Å². The second-order valence-corrected chi connectivity index (χ2v) is 9.90. The molecule has 1 aromatic carbocycles. The summed E-state index contributed by atoms with van der Waals surface area (Å²) < 4.78 is 34.3. The van der Waals surface area contributed by atoms with E-state index in [2.05, 4.69) is 6.08 Å². The van der Waals surface area contributed by atoms with Gasteiger partial charge in [-0.3, -0.25) is 4.79 Å². The zero-order valence-electron chi connectivity index (χ0n) is 22.0. The fraction of sp³-hybridized carbons (Fsp3) is 0.630. The molecule has 0 amide bonds. The van der Waals surface area contributed by atoms with Gasteiger partial charge >= 0.3 is 11.9 Å². The Morgan fingerprint density at radius 3 is 2.20 bits per heavy atom. The minimum atomic E-state index is -0.609. The molecule has 5 atom stereocenters. The molecule has 3 rings (SSSR count). The van der Waals surface area contributed by atoms with E-state index in [1.165, 1.54) is 28.3 Å². The highest BCUT2D eigenvalue weighted by Crippen LogP contribution is 2.48. The van der Waals surface area contributed by atoms with Gasteiger partial charge in [0.15, 0.2) is 11.5 Å². The Balaban J connectivity index is 2.01. The number of esters is 2. The Labute approximate surface area is 207 Å². The summed E-state index contributed by atoms with van der Waals surface area (Å²) in [4.78, 5) is 25.5. The largest absolute Gasteiger partial charge is 0.493 e. The number of hydrogen-bond acceptors (Lipinski definition) is 8. The standard InChI is InChI=1S/C27H38O8/c1-15(2)22-19(33-17(4)28)12-16(3)10-9-11-27(5)25(35-27)24(22)34-26(29)18-13-20(30-6)23(32-8)21(14-18)31-7/h10,13-15,19,22,24-25H,9,11-12H2,1-8H3/b16-10+. The zero-order chi connectivity index (χ0) is 25.9. The Morgan fingerprint density at radius 1 is 1.06 bits per heavy atom. The number of benzene rings is 1. The maximum absolute atomic E-state index is 13.5. The van der Waals surface area contributed by atoms with Gasteiger partial charge in [-0.25, -0.2) is 4.79 Å². The van der Waals surface area contributed by atoms with Crippen LogP contribution in [-0.4, -0.2) is 57.2 Å². The van der Waals surface area contributed by atoms with Crippen molar-refractivity contribution in [2.24, 2.45) is 11.8 Å². The van der Waals surface area contributed by atoms with Gasteiger partial charge in [-0.15, -0.1) is 0 Å². The highest BCUT2D eigenvalue weighted by Gasteiger charge is 2.60. The van der Waals surface area contributed by atoms with Crippen molar-refractivity contribution in [3.63, 3.8) is 0 Å². The van der Waals surface area contributed by atoms with E-state index in [-0.39, 0.29) is 29.5 Å². The molecule has 1 heterocycles. The van der Waals surface area contributed by atoms with Crippen molar-refractivity contribution in [3.8, 4) is 17.2 Å². The van der Waals surface area contributed by atoms with Gasteiger partial charge in [0.2, 0.25) is 5.75 Å². The van der Waals surface area contributed by atoms with Gasteiger partial charge in [-0.1, -0.05) is 25.5 Å². The number of epoxide rings is 1. The summed E-state index contributed by atoms with van der Waals surface area (Å²) in [5.74, 6) is -0.00712.